The van der Waals surface area contributed by atoms with Crippen molar-refractivity contribution in [2.45, 2.75) is 32.9 Å². The molecule has 6 N–H and O–H groups in total. The molecule has 0 spiro atoms. The quantitative estimate of drug-likeness (QED) is 0.450. The highest BCUT2D eigenvalue weighted by atomic mass is 14.9. The molecule has 0 heterocycles. The molecule has 0 saturated carbocycles. The van der Waals surface area contributed by atoms with E-state index >= 15 is 0 Å². The number of guanidine groups is 1. The highest BCUT2D eigenvalue weighted by Crippen LogP contribution is 2.03. The Hall–Kier alpha value is -1.55. The van der Waals surface area contributed by atoms with Crippen LogP contribution in [-0.2, 0) is 6.54 Å². The highest BCUT2D eigenvalue weighted by molar-refractivity contribution is 5.71. The van der Waals surface area contributed by atoms with E-state index in [1.807, 2.05) is 6.07 Å². The Morgan fingerprint density at radius 2 is 1.62 bits per heavy atom. The van der Waals surface area contributed by atoms with E-state index in [4.69, 9.17) is 5.41 Å². The average Bonchev–Trinajstić information content (AvgIpc) is 2.14. The molecular formula is C12H22N4. The molecular weight excluding hydrogens is 200 g/mol. The minimum atomic E-state index is -0.333. The van der Waals surface area contributed by atoms with Gasteiger partial charge < -0.3 is 16.8 Å². The number of nitrogens with two attached hydrogens (primary N) is 2. The second-order valence-electron chi connectivity index (χ2n) is 4.54. The van der Waals surface area contributed by atoms with Crippen molar-refractivity contribution >= 4 is 5.96 Å². The third-order valence-electron chi connectivity index (χ3n) is 1.67. The Morgan fingerprint density at radius 1 is 1.19 bits per heavy atom. The molecule has 0 aliphatic heterocycles. The van der Waals surface area contributed by atoms with E-state index in [0.29, 0.717) is 0 Å². The van der Waals surface area contributed by atoms with E-state index in [-0.39, 0.29) is 11.5 Å². The van der Waals surface area contributed by atoms with Gasteiger partial charge in [-0.15, -0.1) is 0 Å². The third-order valence-corrected chi connectivity index (χ3v) is 1.67. The van der Waals surface area contributed by atoms with Gasteiger partial charge in [0.05, 0.1) is 0 Å². The largest absolute Gasteiger partial charge is 0.370 e. The molecule has 16 heavy (non-hydrogen) atoms. The molecule has 1 rings (SSSR count). The standard InChI is InChI=1S/C11H17N.CH5N3/c1-11(2,3)12-9-10-7-5-4-6-8-10;2-1(3)4/h4-8,12H,9H2,1-3H3;(H5,2,3,4). The second kappa shape index (κ2) is 6.85. The van der Waals surface area contributed by atoms with Gasteiger partial charge in [0.25, 0.3) is 0 Å². The second-order valence-corrected chi connectivity index (χ2v) is 4.54. The Kier molecular flexibility index (Phi) is 6.18. The Bertz CT molecular complexity index is 297. The molecule has 0 radical (unpaired) electrons. The van der Waals surface area contributed by atoms with Gasteiger partial charge in [-0.05, 0) is 26.3 Å². The van der Waals surface area contributed by atoms with Gasteiger partial charge in [-0.1, -0.05) is 30.3 Å². The van der Waals surface area contributed by atoms with Crippen LogP contribution in [0.1, 0.15) is 26.3 Å². The van der Waals surface area contributed by atoms with Gasteiger partial charge in [0.2, 0.25) is 0 Å². The van der Waals surface area contributed by atoms with E-state index in [1.165, 1.54) is 5.56 Å². The molecule has 0 aromatic heterocycles. The van der Waals surface area contributed by atoms with Crippen LogP contribution in [0.4, 0.5) is 0 Å². The summed E-state index contributed by atoms with van der Waals surface area (Å²) in [6.07, 6.45) is 0. The van der Waals surface area contributed by atoms with Gasteiger partial charge in [0.1, 0.15) is 0 Å². The first-order chi connectivity index (χ1) is 7.31. The maximum atomic E-state index is 6.06. The number of nitrogens with one attached hydrogen (secondary N) is 2. The maximum Gasteiger partial charge on any atom is 0.183 e. The molecule has 0 bridgehead atoms. The van der Waals surface area contributed by atoms with E-state index in [0.717, 1.165) is 6.54 Å². The van der Waals surface area contributed by atoms with E-state index < -0.39 is 0 Å². The smallest absolute Gasteiger partial charge is 0.183 e. The third kappa shape index (κ3) is 10.5. The molecule has 0 saturated heterocycles. The molecule has 1 aromatic rings. The fourth-order valence-electron chi connectivity index (χ4n) is 0.963. The molecule has 0 atom stereocenters. The van der Waals surface area contributed by atoms with Crippen LogP contribution in [0.15, 0.2) is 30.3 Å². The molecule has 1 aromatic carbocycles. The zero-order chi connectivity index (χ0) is 12.6. The van der Waals surface area contributed by atoms with Crippen LogP contribution in [0.2, 0.25) is 0 Å². The predicted molar refractivity (Wildman–Crippen MR) is 69.1 cm³/mol. The zero-order valence-electron chi connectivity index (χ0n) is 10.2. The van der Waals surface area contributed by atoms with Crippen molar-refractivity contribution in [2.24, 2.45) is 11.5 Å². The predicted octanol–water partition coefficient (Wildman–Crippen LogP) is 1.41. The minimum Gasteiger partial charge on any atom is -0.370 e. The Morgan fingerprint density at radius 3 is 2.00 bits per heavy atom. The first kappa shape index (κ1) is 14.5. The molecule has 0 aliphatic carbocycles. The van der Waals surface area contributed by atoms with Crippen LogP contribution >= 0.6 is 0 Å². The summed E-state index contributed by atoms with van der Waals surface area (Å²) in [6.45, 7) is 7.48. The van der Waals surface area contributed by atoms with Crippen molar-refractivity contribution in [1.29, 1.82) is 5.41 Å². The fourth-order valence-corrected chi connectivity index (χ4v) is 0.963. The lowest BCUT2D eigenvalue weighted by molar-refractivity contribution is 0.424. The summed E-state index contributed by atoms with van der Waals surface area (Å²) in [6, 6.07) is 10.5. The fraction of sp³-hybridized carbons (Fsp3) is 0.417. The first-order valence-corrected chi connectivity index (χ1v) is 5.20. The zero-order valence-corrected chi connectivity index (χ0v) is 10.2. The van der Waals surface area contributed by atoms with Gasteiger partial charge in [-0.2, -0.15) is 0 Å². The lowest BCUT2D eigenvalue weighted by Crippen LogP contribution is -2.34. The SMILES string of the molecule is CC(C)(C)NCc1ccccc1.N=C(N)N. The summed E-state index contributed by atoms with van der Waals surface area (Å²) in [5, 5.41) is 9.49. The van der Waals surface area contributed by atoms with Gasteiger partial charge in [-0.25, -0.2) is 0 Å². The summed E-state index contributed by atoms with van der Waals surface area (Å²) < 4.78 is 0. The van der Waals surface area contributed by atoms with Crippen molar-refractivity contribution in [1.82, 2.24) is 5.32 Å². The normalized spacial score (nSPS) is 10.2. The first-order valence-electron chi connectivity index (χ1n) is 5.20. The summed E-state index contributed by atoms with van der Waals surface area (Å²) in [5.41, 5.74) is 10.5. The van der Waals surface area contributed by atoms with Crippen LogP contribution in [0.3, 0.4) is 0 Å². The maximum absolute atomic E-state index is 6.06. The molecule has 4 heteroatoms. The summed E-state index contributed by atoms with van der Waals surface area (Å²) in [7, 11) is 0. The molecule has 90 valence electrons. The van der Waals surface area contributed by atoms with Crippen molar-refractivity contribution in [3.05, 3.63) is 35.9 Å². The van der Waals surface area contributed by atoms with E-state index in [2.05, 4.69) is 61.8 Å². The van der Waals surface area contributed by atoms with Crippen molar-refractivity contribution < 1.29 is 0 Å². The van der Waals surface area contributed by atoms with Gasteiger partial charge in [0.15, 0.2) is 5.96 Å². The molecule has 4 nitrogen and oxygen atoms in total. The monoisotopic (exact) mass is 222 g/mol. The van der Waals surface area contributed by atoms with Crippen LogP contribution in [0.5, 0.6) is 0 Å². The number of hydrogen-bond donors (Lipinski definition) is 4. The van der Waals surface area contributed by atoms with E-state index in [9.17, 15) is 0 Å². The van der Waals surface area contributed by atoms with Crippen molar-refractivity contribution in [3.63, 3.8) is 0 Å². The van der Waals surface area contributed by atoms with Crippen LogP contribution in [0.25, 0.3) is 0 Å². The Labute approximate surface area is 97.5 Å². The minimum absolute atomic E-state index is 0.204. The highest BCUT2D eigenvalue weighted by Gasteiger charge is 2.07. The van der Waals surface area contributed by atoms with Gasteiger partial charge >= 0.3 is 0 Å². The summed E-state index contributed by atoms with van der Waals surface area (Å²) in [5.74, 6) is -0.333. The number of benzene rings is 1. The summed E-state index contributed by atoms with van der Waals surface area (Å²) in [4.78, 5) is 0. The molecule has 0 amide bonds. The van der Waals surface area contributed by atoms with Crippen LogP contribution in [-0.4, -0.2) is 11.5 Å². The van der Waals surface area contributed by atoms with Gasteiger partial charge in [-0.3, -0.25) is 5.41 Å². The molecule has 0 aliphatic rings. The number of rotatable bonds is 2. The lowest BCUT2D eigenvalue weighted by atomic mass is 10.1. The van der Waals surface area contributed by atoms with Gasteiger partial charge in [0, 0.05) is 12.1 Å². The lowest BCUT2D eigenvalue weighted by Gasteiger charge is -2.20. The number of hydrogen-bond acceptors (Lipinski definition) is 2. The van der Waals surface area contributed by atoms with Crippen LogP contribution < -0.4 is 16.8 Å². The van der Waals surface area contributed by atoms with E-state index in [1.54, 1.807) is 0 Å². The van der Waals surface area contributed by atoms with Crippen LogP contribution in [0, 0.1) is 5.41 Å². The topological polar surface area (TPSA) is 87.9 Å². The molecule has 0 unspecified atom stereocenters. The Balaban J connectivity index is 0.000000487. The van der Waals surface area contributed by atoms with Crippen molar-refractivity contribution in [3.8, 4) is 0 Å². The van der Waals surface area contributed by atoms with Crippen molar-refractivity contribution in [2.75, 3.05) is 0 Å². The summed E-state index contributed by atoms with van der Waals surface area (Å²) >= 11 is 0. The molecule has 0 fully saturated rings. The average molecular weight is 222 g/mol.